The molecule has 1 radical (unpaired) electrons. The predicted molar refractivity (Wildman–Crippen MR) is 49.3 cm³/mol. The number of carbonyl (C=O) groups excluding carboxylic acids is 1. The van der Waals surface area contributed by atoms with E-state index in [1.165, 1.54) is 0 Å². The summed E-state index contributed by atoms with van der Waals surface area (Å²) in [6.07, 6.45) is -0.849. The summed E-state index contributed by atoms with van der Waals surface area (Å²) >= 11 is 0. The molecule has 1 unspecified atom stereocenters. The molecule has 4 nitrogen and oxygen atoms in total. The third-order valence-electron chi connectivity index (χ3n) is 2.25. The second kappa shape index (κ2) is 4.58. The summed E-state index contributed by atoms with van der Waals surface area (Å²) in [7, 11) is 0. The zero-order valence-corrected chi connectivity index (χ0v) is 8.23. The Morgan fingerprint density at radius 2 is 1.92 bits per heavy atom. The van der Waals surface area contributed by atoms with Crippen LogP contribution in [0.15, 0.2) is 0 Å². The van der Waals surface area contributed by atoms with Gasteiger partial charge in [-0.05, 0) is 5.92 Å². The van der Waals surface area contributed by atoms with Crippen molar-refractivity contribution in [1.29, 1.82) is 0 Å². The molecular formula is C9H17N2O2. The minimum absolute atomic E-state index is 0.00800. The molecule has 1 amide bonds. The Bertz CT molecular complexity index is 176. The molecule has 1 saturated heterocycles. The molecule has 0 aliphatic carbocycles. The molecule has 0 spiro atoms. The molecule has 1 fully saturated rings. The Balaban J connectivity index is 2.45. The quantitative estimate of drug-likeness (QED) is 0.627. The monoisotopic (exact) mass is 185 g/mol. The van der Waals surface area contributed by atoms with Crippen molar-refractivity contribution in [1.82, 2.24) is 10.2 Å². The van der Waals surface area contributed by atoms with Crippen molar-refractivity contribution in [3.05, 3.63) is 0 Å². The van der Waals surface area contributed by atoms with Gasteiger partial charge in [0, 0.05) is 26.2 Å². The van der Waals surface area contributed by atoms with Crippen molar-refractivity contribution in [3.8, 4) is 0 Å². The Hall–Kier alpha value is -0.610. The van der Waals surface area contributed by atoms with Crippen LogP contribution >= 0.6 is 0 Å². The molecule has 1 rings (SSSR count). The van der Waals surface area contributed by atoms with Crippen LogP contribution in [0.5, 0.6) is 0 Å². The van der Waals surface area contributed by atoms with Gasteiger partial charge in [-0.1, -0.05) is 13.8 Å². The van der Waals surface area contributed by atoms with Gasteiger partial charge in [-0.15, -0.1) is 0 Å². The van der Waals surface area contributed by atoms with Crippen LogP contribution in [-0.4, -0.2) is 48.2 Å². The number of aliphatic hydroxyl groups is 1. The maximum atomic E-state index is 11.6. The van der Waals surface area contributed by atoms with Gasteiger partial charge < -0.3 is 10.0 Å². The van der Waals surface area contributed by atoms with Crippen LogP contribution in [0.1, 0.15) is 13.8 Å². The average Bonchev–Trinajstić information content (AvgIpc) is 2.17. The van der Waals surface area contributed by atoms with E-state index in [1.54, 1.807) is 4.90 Å². The summed E-state index contributed by atoms with van der Waals surface area (Å²) in [4.78, 5) is 13.3. The molecule has 0 aromatic rings. The van der Waals surface area contributed by atoms with Gasteiger partial charge in [-0.25, -0.2) is 5.32 Å². The maximum absolute atomic E-state index is 11.6. The Kier molecular flexibility index (Phi) is 3.69. The number of rotatable bonds is 2. The largest absolute Gasteiger partial charge is 0.383 e. The lowest BCUT2D eigenvalue weighted by molar-refractivity contribution is -0.142. The van der Waals surface area contributed by atoms with Crippen molar-refractivity contribution in [3.63, 3.8) is 0 Å². The fraction of sp³-hybridized carbons (Fsp3) is 0.889. The number of hydrogen-bond acceptors (Lipinski definition) is 2. The zero-order valence-electron chi connectivity index (χ0n) is 8.23. The summed E-state index contributed by atoms with van der Waals surface area (Å²) in [5.74, 6) is -0.156. The smallest absolute Gasteiger partial charge is 0.251 e. The lowest BCUT2D eigenvalue weighted by Crippen LogP contribution is -2.49. The SMILES string of the molecule is CC(C)C(O)C(=O)N1CC[N]CC1. The first-order chi connectivity index (χ1) is 6.13. The molecule has 0 saturated carbocycles. The second-order valence-electron chi connectivity index (χ2n) is 3.68. The van der Waals surface area contributed by atoms with Gasteiger partial charge in [0.2, 0.25) is 0 Å². The van der Waals surface area contributed by atoms with E-state index in [2.05, 4.69) is 5.32 Å². The van der Waals surface area contributed by atoms with E-state index in [0.29, 0.717) is 26.2 Å². The fourth-order valence-corrected chi connectivity index (χ4v) is 1.30. The highest BCUT2D eigenvalue weighted by atomic mass is 16.3. The van der Waals surface area contributed by atoms with E-state index >= 15 is 0 Å². The number of piperazine rings is 1. The number of aliphatic hydroxyl groups excluding tert-OH is 1. The lowest BCUT2D eigenvalue weighted by Gasteiger charge is -2.29. The van der Waals surface area contributed by atoms with Crippen LogP contribution in [0.3, 0.4) is 0 Å². The molecule has 4 heteroatoms. The van der Waals surface area contributed by atoms with Crippen LogP contribution < -0.4 is 5.32 Å². The van der Waals surface area contributed by atoms with Crippen LogP contribution in [0.2, 0.25) is 0 Å². The molecule has 75 valence electrons. The lowest BCUT2D eigenvalue weighted by atomic mass is 10.1. The fourth-order valence-electron chi connectivity index (χ4n) is 1.30. The van der Waals surface area contributed by atoms with Gasteiger partial charge >= 0.3 is 0 Å². The minimum Gasteiger partial charge on any atom is -0.383 e. The van der Waals surface area contributed by atoms with Crippen molar-refractivity contribution in [2.24, 2.45) is 5.92 Å². The van der Waals surface area contributed by atoms with Crippen LogP contribution in [0.25, 0.3) is 0 Å². The molecular weight excluding hydrogens is 168 g/mol. The van der Waals surface area contributed by atoms with Crippen molar-refractivity contribution >= 4 is 5.91 Å². The van der Waals surface area contributed by atoms with Gasteiger partial charge in [0.05, 0.1) is 0 Å². The van der Waals surface area contributed by atoms with Crippen molar-refractivity contribution in [2.75, 3.05) is 26.2 Å². The van der Waals surface area contributed by atoms with Gasteiger partial charge in [0.25, 0.3) is 5.91 Å². The molecule has 0 aromatic heterocycles. The highest BCUT2D eigenvalue weighted by Crippen LogP contribution is 2.06. The van der Waals surface area contributed by atoms with E-state index in [9.17, 15) is 9.90 Å². The minimum atomic E-state index is -0.849. The summed E-state index contributed by atoms with van der Waals surface area (Å²) in [6.45, 7) is 6.41. The molecule has 1 N–H and O–H groups in total. The first-order valence-electron chi connectivity index (χ1n) is 4.73. The summed E-state index contributed by atoms with van der Waals surface area (Å²) in [6, 6.07) is 0. The first kappa shape index (κ1) is 10.5. The number of nitrogens with zero attached hydrogens (tertiary/aromatic N) is 2. The van der Waals surface area contributed by atoms with Crippen LogP contribution in [0.4, 0.5) is 0 Å². The highest BCUT2D eigenvalue weighted by Gasteiger charge is 2.25. The highest BCUT2D eigenvalue weighted by molar-refractivity contribution is 5.81. The van der Waals surface area contributed by atoms with Gasteiger partial charge in [-0.2, -0.15) is 0 Å². The van der Waals surface area contributed by atoms with Crippen LogP contribution in [0, 0.1) is 5.92 Å². The molecule has 0 bridgehead atoms. The van der Waals surface area contributed by atoms with E-state index in [4.69, 9.17) is 0 Å². The van der Waals surface area contributed by atoms with Crippen molar-refractivity contribution < 1.29 is 9.90 Å². The third-order valence-corrected chi connectivity index (χ3v) is 2.25. The van der Waals surface area contributed by atoms with E-state index < -0.39 is 6.10 Å². The summed E-state index contributed by atoms with van der Waals surface area (Å²) in [5, 5.41) is 13.7. The average molecular weight is 185 g/mol. The third kappa shape index (κ3) is 2.67. The number of hydrogen-bond donors (Lipinski definition) is 1. The zero-order chi connectivity index (χ0) is 9.84. The number of amides is 1. The number of carbonyl (C=O) groups is 1. The Morgan fingerprint density at radius 3 is 2.38 bits per heavy atom. The summed E-state index contributed by atoms with van der Waals surface area (Å²) < 4.78 is 0. The normalized spacial score (nSPS) is 20.5. The van der Waals surface area contributed by atoms with Crippen LogP contribution in [-0.2, 0) is 4.79 Å². The summed E-state index contributed by atoms with van der Waals surface area (Å²) in [5.41, 5.74) is 0. The molecule has 1 aliphatic rings. The standard InChI is InChI=1S/C9H17N2O2/c1-7(2)8(12)9(13)11-5-3-10-4-6-11/h7-8,12H,3-6H2,1-2H3. The molecule has 0 aromatic carbocycles. The van der Waals surface area contributed by atoms with E-state index in [1.807, 2.05) is 13.8 Å². The predicted octanol–water partition coefficient (Wildman–Crippen LogP) is -0.550. The van der Waals surface area contributed by atoms with Gasteiger partial charge in [0.1, 0.15) is 6.10 Å². The maximum Gasteiger partial charge on any atom is 0.251 e. The first-order valence-corrected chi connectivity index (χ1v) is 4.73. The Morgan fingerprint density at radius 1 is 1.38 bits per heavy atom. The van der Waals surface area contributed by atoms with E-state index in [0.717, 1.165) is 0 Å². The van der Waals surface area contributed by atoms with Gasteiger partial charge in [0.15, 0.2) is 0 Å². The Labute approximate surface area is 78.9 Å². The van der Waals surface area contributed by atoms with Gasteiger partial charge in [-0.3, -0.25) is 4.79 Å². The molecule has 1 heterocycles. The van der Waals surface area contributed by atoms with E-state index in [-0.39, 0.29) is 11.8 Å². The molecule has 13 heavy (non-hydrogen) atoms. The van der Waals surface area contributed by atoms with Crippen molar-refractivity contribution in [2.45, 2.75) is 20.0 Å². The topological polar surface area (TPSA) is 54.6 Å². The second-order valence-corrected chi connectivity index (χ2v) is 3.68. The molecule has 1 atom stereocenters. The molecule has 1 aliphatic heterocycles.